The Morgan fingerprint density at radius 1 is 1.33 bits per heavy atom. The fraction of sp³-hybridized carbons (Fsp3) is 0.231. The van der Waals surface area contributed by atoms with Crippen LogP contribution in [-0.4, -0.2) is 23.4 Å². The average Bonchev–Trinajstić information content (AvgIpc) is 2.99. The molecule has 1 fully saturated rings. The summed E-state index contributed by atoms with van der Waals surface area (Å²) in [6.07, 6.45) is 4.78. The van der Waals surface area contributed by atoms with Crippen LogP contribution in [0.3, 0.4) is 0 Å². The highest BCUT2D eigenvalue weighted by Gasteiger charge is 2.29. The lowest BCUT2D eigenvalue weighted by molar-refractivity contribution is 0.533. The minimum Gasteiger partial charge on any atom is -0.440 e. The Morgan fingerprint density at radius 3 is 2.90 bits per heavy atom. The highest BCUT2D eigenvalue weighted by Crippen LogP contribution is 2.40. The van der Waals surface area contributed by atoms with Gasteiger partial charge in [-0.1, -0.05) is 0 Å². The van der Waals surface area contributed by atoms with Gasteiger partial charge in [-0.3, -0.25) is 4.72 Å². The average molecular weight is 304 g/mol. The van der Waals surface area contributed by atoms with E-state index < -0.39 is 10.0 Å². The van der Waals surface area contributed by atoms with Crippen molar-refractivity contribution in [1.29, 1.82) is 0 Å². The predicted molar refractivity (Wildman–Crippen MR) is 75.4 cm³/mol. The molecule has 1 saturated carbocycles. The maximum atomic E-state index is 12.1. The topological polar surface area (TPSA) is 101 Å². The second-order valence-corrected chi connectivity index (χ2v) is 6.68. The number of fused-ring (bicyclic) bond motifs is 1. The molecule has 3 aromatic rings. The number of oxazole rings is 1. The van der Waals surface area contributed by atoms with Crippen molar-refractivity contribution in [2.75, 3.05) is 4.72 Å². The van der Waals surface area contributed by atoms with Gasteiger partial charge in [-0.25, -0.2) is 9.97 Å². The minimum atomic E-state index is -3.66. The number of hydrogen-bond acceptors (Lipinski definition) is 5. The molecule has 2 N–H and O–H groups in total. The molecule has 2 heterocycles. The molecule has 8 heteroatoms. The molecule has 108 valence electrons. The highest BCUT2D eigenvalue weighted by molar-refractivity contribution is 7.92. The van der Waals surface area contributed by atoms with Gasteiger partial charge < -0.3 is 9.40 Å². The number of nitrogens with one attached hydrogen (secondary N) is 2. The van der Waals surface area contributed by atoms with Gasteiger partial charge in [0.25, 0.3) is 10.0 Å². The smallest absolute Gasteiger partial charge is 0.278 e. The van der Waals surface area contributed by atoms with Gasteiger partial charge in [-0.2, -0.15) is 8.42 Å². The lowest BCUT2D eigenvalue weighted by atomic mass is 10.3. The first-order valence-electron chi connectivity index (χ1n) is 6.53. The predicted octanol–water partition coefficient (Wildman–Crippen LogP) is 2.23. The summed E-state index contributed by atoms with van der Waals surface area (Å²) >= 11 is 0. The third kappa shape index (κ3) is 2.27. The van der Waals surface area contributed by atoms with Crippen LogP contribution in [0.5, 0.6) is 0 Å². The summed E-state index contributed by atoms with van der Waals surface area (Å²) < 4.78 is 32.3. The van der Waals surface area contributed by atoms with Crippen molar-refractivity contribution in [3.63, 3.8) is 0 Å². The van der Waals surface area contributed by atoms with Crippen molar-refractivity contribution in [1.82, 2.24) is 15.0 Å². The number of hydrogen-bond donors (Lipinski definition) is 2. The van der Waals surface area contributed by atoms with Crippen LogP contribution >= 0.6 is 0 Å². The molecule has 0 aliphatic heterocycles. The van der Waals surface area contributed by atoms with Gasteiger partial charge in [0.1, 0.15) is 5.52 Å². The van der Waals surface area contributed by atoms with Gasteiger partial charge in [0.05, 0.1) is 18.2 Å². The van der Waals surface area contributed by atoms with E-state index in [-0.39, 0.29) is 5.03 Å². The maximum Gasteiger partial charge on any atom is 0.278 e. The van der Waals surface area contributed by atoms with Gasteiger partial charge in [0.15, 0.2) is 16.5 Å². The van der Waals surface area contributed by atoms with E-state index in [0.717, 1.165) is 18.7 Å². The van der Waals surface area contributed by atoms with Gasteiger partial charge in [-0.15, -0.1) is 0 Å². The summed E-state index contributed by atoms with van der Waals surface area (Å²) in [7, 11) is -3.66. The molecule has 7 nitrogen and oxygen atoms in total. The van der Waals surface area contributed by atoms with E-state index >= 15 is 0 Å². The molecular weight excluding hydrogens is 292 g/mol. The summed E-state index contributed by atoms with van der Waals surface area (Å²) in [6, 6.07) is 5.04. The van der Waals surface area contributed by atoms with Crippen LogP contribution in [0, 0.1) is 0 Å². The summed E-state index contributed by atoms with van der Waals surface area (Å²) in [5.41, 5.74) is 1.76. The number of aromatic nitrogens is 3. The normalized spacial score (nSPS) is 15.4. The Hall–Kier alpha value is -2.35. The second-order valence-electron chi connectivity index (χ2n) is 5.03. The van der Waals surface area contributed by atoms with E-state index in [1.54, 1.807) is 18.2 Å². The Kier molecular flexibility index (Phi) is 2.55. The number of aromatic amines is 1. The molecule has 2 aromatic heterocycles. The molecule has 21 heavy (non-hydrogen) atoms. The van der Waals surface area contributed by atoms with Crippen LogP contribution in [0.1, 0.15) is 24.7 Å². The monoisotopic (exact) mass is 304 g/mol. The Morgan fingerprint density at radius 2 is 2.19 bits per heavy atom. The fourth-order valence-electron chi connectivity index (χ4n) is 2.11. The zero-order valence-electron chi connectivity index (χ0n) is 10.9. The summed E-state index contributed by atoms with van der Waals surface area (Å²) in [5, 5.41) is 0.0152. The quantitative estimate of drug-likeness (QED) is 0.769. The summed E-state index contributed by atoms with van der Waals surface area (Å²) in [4.78, 5) is 10.7. The summed E-state index contributed by atoms with van der Waals surface area (Å²) in [5.74, 6) is 1.15. The molecule has 0 bridgehead atoms. The number of benzene rings is 1. The van der Waals surface area contributed by atoms with Crippen molar-refractivity contribution in [3.05, 3.63) is 36.6 Å². The maximum absolute atomic E-state index is 12.1. The Labute approximate surface area is 120 Å². The molecule has 1 aromatic carbocycles. The SMILES string of the molecule is O=S(=O)(Nc1ccc2oc(C3CC3)nc2c1)c1cnc[nH]1. The molecular formula is C13H12N4O3S. The van der Waals surface area contributed by atoms with Crippen LogP contribution in [0.25, 0.3) is 11.1 Å². The van der Waals surface area contributed by atoms with Gasteiger partial charge in [-0.05, 0) is 31.0 Å². The van der Waals surface area contributed by atoms with Crippen molar-refractivity contribution in [3.8, 4) is 0 Å². The zero-order valence-corrected chi connectivity index (χ0v) is 11.7. The second kappa shape index (κ2) is 4.32. The number of sulfonamides is 1. The number of nitrogens with zero attached hydrogens (tertiary/aromatic N) is 2. The molecule has 0 unspecified atom stereocenters. The standard InChI is InChI=1S/C13H12N4O3S/c18-21(19,12-6-14-7-15-12)17-9-3-4-11-10(5-9)16-13(20-11)8-1-2-8/h3-8,17H,1-2H2,(H,14,15). The molecule has 0 atom stereocenters. The van der Waals surface area contributed by atoms with Crippen LogP contribution in [0.4, 0.5) is 5.69 Å². The van der Waals surface area contributed by atoms with Crippen LogP contribution in [0.15, 0.2) is 40.2 Å². The molecule has 0 saturated heterocycles. The zero-order chi connectivity index (χ0) is 14.4. The third-order valence-electron chi connectivity index (χ3n) is 3.35. The van der Waals surface area contributed by atoms with E-state index in [4.69, 9.17) is 4.42 Å². The highest BCUT2D eigenvalue weighted by atomic mass is 32.2. The van der Waals surface area contributed by atoms with E-state index in [1.807, 2.05) is 0 Å². The largest absolute Gasteiger partial charge is 0.440 e. The molecule has 0 spiro atoms. The van der Waals surface area contributed by atoms with Crippen molar-refractivity contribution >= 4 is 26.8 Å². The molecule has 0 amide bonds. The van der Waals surface area contributed by atoms with Gasteiger partial charge in [0, 0.05) is 5.92 Å². The number of anilines is 1. The minimum absolute atomic E-state index is 0.0152. The molecule has 1 aliphatic carbocycles. The molecule has 1 aliphatic rings. The summed E-state index contributed by atoms with van der Waals surface area (Å²) in [6.45, 7) is 0. The van der Waals surface area contributed by atoms with E-state index in [9.17, 15) is 8.42 Å². The first kappa shape index (κ1) is 12.4. The van der Waals surface area contributed by atoms with Gasteiger partial charge >= 0.3 is 0 Å². The van der Waals surface area contributed by atoms with E-state index in [0.29, 0.717) is 22.7 Å². The van der Waals surface area contributed by atoms with E-state index in [1.165, 1.54) is 12.5 Å². The van der Waals surface area contributed by atoms with Gasteiger partial charge in [0.2, 0.25) is 0 Å². The van der Waals surface area contributed by atoms with E-state index in [2.05, 4.69) is 19.7 Å². The van der Waals surface area contributed by atoms with Crippen LogP contribution in [-0.2, 0) is 10.0 Å². The Balaban J connectivity index is 1.67. The molecule has 4 rings (SSSR count). The van der Waals surface area contributed by atoms with Crippen molar-refractivity contribution < 1.29 is 12.8 Å². The Bertz CT molecular complexity index is 895. The lowest BCUT2D eigenvalue weighted by Gasteiger charge is -2.05. The fourth-order valence-corrected chi connectivity index (χ4v) is 3.07. The number of imidazole rings is 1. The van der Waals surface area contributed by atoms with Crippen molar-refractivity contribution in [2.45, 2.75) is 23.8 Å². The first-order chi connectivity index (χ1) is 10.1. The van der Waals surface area contributed by atoms with Crippen LogP contribution in [0.2, 0.25) is 0 Å². The lowest BCUT2D eigenvalue weighted by Crippen LogP contribution is -2.13. The molecule has 0 radical (unpaired) electrons. The third-order valence-corrected chi connectivity index (χ3v) is 4.65. The van der Waals surface area contributed by atoms with Crippen LogP contribution < -0.4 is 4.72 Å². The number of H-pyrrole nitrogens is 1. The van der Waals surface area contributed by atoms with Crippen molar-refractivity contribution in [2.24, 2.45) is 0 Å². The first-order valence-corrected chi connectivity index (χ1v) is 8.02. The number of rotatable bonds is 4.